The molecule has 1 aromatic heterocycles. The summed E-state index contributed by atoms with van der Waals surface area (Å²) in [5.74, 6) is 1.10. The molecule has 2 heterocycles. The van der Waals surface area contributed by atoms with Crippen LogP contribution in [0.5, 0.6) is 0 Å². The van der Waals surface area contributed by atoms with E-state index in [1.807, 2.05) is 18.2 Å². The molecule has 3 heteroatoms. The van der Waals surface area contributed by atoms with Crippen molar-refractivity contribution >= 4 is 17.2 Å². The van der Waals surface area contributed by atoms with Crippen LogP contribution in [0.1, 0.15) is 29.9 Å². The lowest BCUT2D eigenvalue weighted by Crippen LogP contribution is -2.41. The first-order valence-corrected chi connectivity index (χ1v) is 9.51. The summed E-state index contributed by atoms with van der Waals surface area (Å²) in [6.45, 7) is 4.44. The van der Waals surface area contributed by atoms with Crippen LogP contribution in [-0.2, 0) is 10.3 Å². The van der Waals surface area contributed by atoms with Gasteiger partial charge in [-0.2, -0.15) is 0 Å². The zero-order chi connectivity index (χ0) is 17.3. The molecule has 126 valence electrons. The van der Waals surface area contributed by atoms with E-state index in [2.05, 4.69) is 73.8 Å². The van der Waals surface area contributed by atoms with Crippen LogP contribution in [0.25, 0.3) is 0 Å². The third-order valence-electron chi connectivity index (χ3n) is 4.70. The van der Waals surface area contributed by atoms with Gasteiger partial charge in [0.1, 0.15) is 6.04 Å². The fraction of sp³-hybridized carbons (Fsp3) is 0.227. The minimum absolute atomic E-state index is 0.0226. The van der Waals surface area contributed by atoms with Crippen LogP contribution in [0, 0.1) is 5.92 Å². The number of aliphatic imine (C=N–C) groups is 1. The predicted octanol–water partition coefficient (Wildman–Crippen LogP) is 5.49. The average Bonchev–Trinajstić information content (AvgIpc) is 3.31. The summed E-state index contributed by atoms with van der Waals surface area (Å²) >= 11 is 1.67. The first-order valence-electron chi connectivity index (χ1n) is 8.63. The molecular formula is C22H21NOS. The molecule has 4 rings (SSSR count). The summed E-state index contributed by atoms with van der Waals surface area (Å²) in [7, 11) is 0. The molecule has 0 fully saturated rings. The van der Waals surface area contributed by atoms with Crippen LogP contribution in [0.2, 0.25) is 0 Å². The van der Waals surface area contributed by atoms with Crippen molar-refractivity contribution in [3.8, 4) is 0 Å². The van der Waals surface area contributed by atoms with Crippen molar-refractivity contribution < 1.29 is 4.74 Å². The van der Waals surface area contributed by atoms with Crippen molar-refractivity contribution in [1.82, 2.24) is 0 Å². The van der Waals surface area contributed by atoms with Crippen LogP contribution < -0.4 is 0 Å². The van der Waals surface area contributed by atoms with Gasteiger partial charge in [-0.25, -0.2) is 4.99 Å². The van der Waals surface area contributed by atoms with Crippen LogP contribution >= 0.6 is 11.3 Å². The summed E-state index contributed by atoms with van der Waals surface area (Å²) in [5.41, 5.74) is 1.71. The molecule has 1 atom stereocenters. The second-order valence-electron chi connectivity index (χ2n) is 6.67. The standard InChI is InChI=1S/C22H21NOS/c1-16(2)20-22(17-10-5-3-6-11-17,18-12-7-4-8-13-18)24-21(23-20)19-14-9-15-25-19/h3-16,20H,1-2H3/t20-/m0/s1. The molecule has 25 heavy (non-hydrogen) atoms. The highest BCUT2D eigenvalue weighted by Gasteiger charge is 2.51. The van der Waals surface area contributed by atoms with Gasteiger partial charge >= 0.3 is 0 Å². The SMILES string of the molecule is CC(C)[C@@H]1N=C(c2cccs2)OC1(c1ccccc1)c1ccccc1. The zero-order valence-corrected chi connectivity index (χ0v) is 15.2. The Balaban J connectivity index is 1.92. The van der Waals surface area contributed by atoms with Gasteiger partial charge in [0.25, 0.3) is 0 Å². The maximum atomic E-state index is 6.70. The van der Waals surface area contributed by atoms with Crippen molar-refractivity contribution in [1.29, 1.82) is 0 Å². The highest BCUT2D eigenvalue weighted by atomic mass is 32.1. The summed E-state index contributed by atoms with van der Waals surface area (Å²) < 4.78 is 6.70. The van der Waals surface area contributed by atoms with Gasteiger partial charge in [-0.3, -0.25) is 0 Å². The van der Waals surface area contributed by atoms with Gasteiger partial charge in [0.05, 0.1) is 4.88 Å². The van der Waals surface area contributed by atoms with Crippen LogP contribution in [0.3, 0.4) is 0 Å². The molecular weight excluding hydrogens is 326 g/mol. The third kappa shape index (κ3) is 2.69. The van der Waals surface area contributed by atoms with E-state index in [0.717, 1.165) is 21.9 Å². The quantitative estimate of drug-likeness (QED) is 0.611. The van der Waals surface area contributed by atoms with E-state index in [9.17, 15) is 0 Å². The Morgan fingerprint density at radius 3 is 1.96 bits per heavy atom. The number of hydrogen-bond donors (Lipinski definition) is 0. The van der Waals surface area contributed by atoms with E-state index in [1.54, 1.807) is 11.3 Å². The van der Waals surface area contributed by atoms with Gasteiger partial charge in [0.2, 0.25) is 5.90 Å². The molecule has 0 spiro atoms. The van der Waals surface area contributed by atoms with Crippen LogP contribution in [-0.4, -0.2) is 11.9 Å². The second kappa shape index (κ2) is 6.49. The molecule has 0 N–H and O–H groups in total. The summed E-state index contributed by atoms with van der Waals surface area (Å²) in [5, 5.41) is 2.07. The Kier molecular flexibility index (Phi) is 4.18. The molecule has 0 bridgehead atoms. The van der Waals surface area contributed by atoms with Gasteiger partial charge in [-0.05, 0) is 17.4 Å². The second-order valence-corrected chi connectivity index (χ2v) is 7.62. The minimum Gasteiger partial charge on any atom is -0.458 e. The Morgan fingerprint density at radius 2 is 1.48 bits per heavy atom. The van der Waals surface area contributed by atoms with Crippen molar-refractivity contribution in [2.24, 2.45) is 10.9 Å². The lowest BCUT2D eigenvalue weighted by Gasteiger charge is -2.36. The molecule has 2 aromatic carbocycles. The number of thiophene rings is 1. The van der Waals surface area contributed by atoms with Gasteiger partial charge in [-0.1, -0.05) is 80.6 Å². The molecule has 0 unspecified atom stereocenters. The van der Waals surface area contributed by atoms with Crippen LogP contribution in [0.15, 0.2) is 83.2 Å². The molecule has 2 nitrogen and oxygen atoms in total. The first kappa shape index (κ1) is 16.1. The minimum atomic E-state index is -0.587. The van der Waals surface area contributed by atoms with Gasteiger partial charge in [-0.15, -0.1) is 11.3 Å². The Labute approximate surface area is 152 Å². The topological polar surface area (TPSA) is 21.6 Å². The summed E-state index contributed by atoms with van der Waals surface area (Å²) in [4.78, 5) is 6.12. The van der Waals surface area contributed by atoms with E-state index >= 15 is 0 Å². The molecule has 0 radical (unpaired) electrons. The Morgan fingerprint density at radius 1 is 0.880 bits per heavy atom. The highest BCUT2D eigenvalue weighted by Crippen LogP contribution is 2.46. The number of ether oxygens (including phenoxy) is 1. The fourth-order valence-electron chi connectivity index (χ4n) is 3.59. The normalized spacial score (nSPS) is 18.8. The molecule has 3 aromatic rings. The molecule has 0 saturated carbocycles. The average molecular weight is 347 g/mol. The number of hydrogen-bond acceptors (Lipinski definition) is 3. The Hall–Kier alpha value is -2.39. The fourth-order valence-corrected chi connectivity index (χ4v) is 4.24. The maximum absolute atomic E-state index is 6.70. The highest BCUT2D eigenvalue weighted by molar-refractivity contribution is 7.12. The smallest absolute Gasteiger partial charge is 0.228 e. The lowest BCUT2D eigenvalue weighted by atomic mass is 9.76. The van der Waals surface area contributed by atoms with Crippen molar-refractivity contribution in [2.45, 2.75) is 25.5 Å². The number of rotatable bonds is 4. The molecule has 1 aliphatic rings. The molecule has 1 aliphatic heterocycles. The zero-order valence-electron chi connectivity index (χ0n) is 14.4. The lowest BCUT2D eigenvalue weighted by molar-refractivity contribution is 0.0818. The van der Waals surface area contributed by atoms with Crippen LogP contribution in [0.4, 0.5) is 0 Å². The van der Waals surface area contributed by atoms with Crippen molar-refractivity contribution in [3.63, 3.8) is 0 Å². The third-order valence-corrected chi connectivity index (χ3v) is 5.56. The summed E-state index contributed by atoms with van der Waals surface area (Å²) in [6.07, 6.45) is 0. The molecule has 0 amide bonds. The van der Waals surface area contributed by atoms with Gasteiger partial charge in [0.15, 0.2) is 5.60 Å². The first-order chi connectivity index (χ1) is 12.2. The van der Waals surface area contributed by atoms with E-state index in [-0.39, 0.29) is 6.04 Å². The maximum Gasteiger partial charge on any atom is 0.228 e. The van der Waals surface area contributed by atoms with Gasteiger partial charge in [0, 0.05) is 11.1 Å². The van der Waals surface area contributed by atoms with E-state index < -0.39 is 5.60 Å². The Bertz CT molecular complexity index is 814. The monoisotopic (exact) mass is 347 g/mol. The largest absolute Gasteiger partial charge is 0.458 e. The summed E-state index contributed by atoms with van der Waals surface area (Å²) in [6, 6.07) is 25.1. The van der Waals surface area contributed by atoms with Gasteiger partial charge < -0.3 is 4.74 Å². The number of nitrogens with zero attached hydrogens (tertiary/aromatic N) is 1. The molecule has 0 saturated heterocycles. The molecule has 0 aliphatic carbocycles. The van der Waals surface area contributed by atoms with E-state index in [4.69, 9.17) is 9.73 Å². The predicted molar refractivity (Wildman–Crippen MR) is 104 cm³/mol. The van der Waals surface area contributed by atoms with E-state index in [1.165, 1.54) is 0 Å². The number of benzene rings is 2. The van der Waals surface area contributed by atoms with Crippen molar-refractivity contribution in [2.75, 3.05) is 0 Å². The van der Waals surface area contributed by atoms with E-state index in [0.29, 0.717) is 5.92 Å². The van der Waals surface area contributed by atoms with Crippen molar-refractivity contribution in [3.05, 3.63) is 94.2 Å².